The Bertz CT molecular complexity index is 621. The second-order valence-corrected chi connectivity index (χ2v) is 4.60. The zero-order valence-electron chi connectivity index (χ0n) is 11.6. The van der Waals surface area contributed by atoms with Crippen molar-refractivity contribution in [2.75, 3.05) is 7.11 Å². The van der Waals surface area contributed by atoms with Gasteiger partial charge in [-0.15, -0.1) is 0 Å². The fourth-order valence-electron chi connectivity index (χ4n) is 1.53. The summed E-state index contributed by atoms with van der Waals surface area (Å²) in [7, 11) is 1.18. The van der Waals surface area contributed by atoms with Gasteiger partial charge in [0.15, 0.2) is 0 Å². The summed E-state index contributed by atoms with van der Waals surface area (Å²) in [6.07, 6.45) is 0. The normalized spacial score (nSPS) is 11.7. The van der Waals surface area contributed by atoms with E-state index in [9.17, 15) is 9.18 Å². The largest absolute Gasteiger partial charge is 0.465 e. The summed E-state index contributed by atoms with van der Waals surface area (Å²) < 4.78 is 18.3. The minimum atomic E-state index is -0.781. The molecular weight excluding hydrogens is 281 g/mol. The number of benzene rings is 1. The molecule has 3 nitrogen and oxygen atoms in total. The van der Waals surface area contributed by atoms with Crippen molar-refractivity contribution in [3.05, 3.63) is 46.8 Å². The van der Waals surface area contributed by atoms with E-state index >= 15 is 0 Å². The van der Waals surface area contributed by atoms with Crippen molar-refractivity contribution >= 4 is 35.0 Å². The lowest BCUT2D eigenvalue weighted by molar-refractivity contribution is 0.0595. The molecule has 0 atom stereocenters. The van der Waals surface area contributed by atoms with Crippen LogP contribution in [0.25, 0.3) is 5.03 Å². The van der Waals surface area contributed by atoms with Crippen molar-refractivity contribution in [2.24, 2.45) is 4.99 Å². The van der Waals surface area contributed by atoms with Crippen LogP contribution < -0.4 is 0 Å². The van der Waals surface area contributed by atoms with Gasteiger partial charge in [0, 0.05) is 11.6 Å². The number of esters is 1. The van der Waals surface area contributed by atoms with Gasteiger partial charge in [0.25, 0.3) is 0 Å². The van der Waals surface area contributed by atoms with Gasteiger partial charge in [-0.2, -0.15) is 0 Å². The Morgan fingerprint density at radius 1 is 1.35 bits per heavy atom. The second-order valence-electron chi connectivity index (χ2n) is 4.22. The molecule has 0 amide bonds. The Balaban J connectivity index is 3.61. The van der Waals surface area contributed by atoms with Crippen LogP contribution >= 0.6 is 11.6 Å². The van der Waals surface area contributed by atoms with Crippen molar-refractivity contribution in [3.63, 3.8) is 0 Å². The molecule has 1 rings (SSSR count). The molecule has 1 aromatic carbocycles. The number of hydrogen-bond donors (Lipinski definition) is 0. The van der Waals surface area contributed by atoms with Crippen LogP contribution in [-0.2, 0) is 4.74 Å². The Morgan fingerprint density at radius 3 is 2.40 bits per heavy atom. The Morgan fingerprint density at radius 2 is 1.95 bits per heavy atom. The molecule has 1 aromatic rings. The van der Waals surface area contributed by atoms with Crippen LogP contribution in [0, 0.1) is 5.82 Å². The van der Waals surface area contributed by atoms with Crippen LogP contribution in [0.3, 0.4) is 0 Å². The molecule has 0 saturated heterocycles. The molecule has 106 valence electrons. The van der Waals surface area contributed by atoms with Gasteiger partial charge in [-0.1, -0.05) is 23.8 Å². The molecule has 0 fully saturated rings. The van der Waals surface area contributed by atoms with E-state index < -0.39 is 11.8 Å². The number of halogens is 2. The summed E-state index contributed by atoms with van der Waals surface area (Å²) in [6, 6.07) is 2.41. The standard InChI is InChI=1S/C15H15ClFNO2/c1-8(2)9(3)14(16)11-6-10(15(19)20-5)12(17)7-13(11)18-4/h6-7H,1,4H2,2-3,5H3/b14-9-. The van der Waals surface area contributed by atoms with E-state index in [2.05, 4.69) is 23.0 Å². The van der Waals surface area contributed by atoms with Crippen molar-refractivity contribution in [1.82, 2.24) is 0 Å². The number of aliphatic imine (C=N–C) groups is 1. The average Bonchev–Trinajstić information content (AvgIpc) is 2.44. The van der Waals surface area contributed by atoms with E-state index in [-0.39, 0.29) is 11.3 Å². The van der Waals surface area contributed by atoms with Gasteiger partial charge in [0.2, 0.25) is 0 Å². The SMILES string of the molecule is C=Nc1cc(F)c(C(=O)OC)cc1/C(Cl)=C(\C)C(=C)C. The third kappa shape index (κ3) is 3.14. The van der Waals surface area contributed by atoms with Crippen LogP contribution in [0.15, 0.2) is 34.9 Å². The molecule has 0 bridgehead atoms. The Kier molecular flexibility index (Phi) is 5.22. The first-order chi connectivity index (χ1) is 9.33. The third-order valence-corrected chi connectivity index (χ3v) is 3.35. The minimum Gasteiger partial charge on any atom is -0.465 e. The molecule has 0 heterocycles. The first-order valence-corrected chi connectivity index (χ1v) is 6.12. The van der Waals surface area contributed by atoms with Gasteiger partial charge in [-0.25, -0.2) is 9.18 Å². The third-order valence-electron chi connectivity index (χ3n) is 2.87. The number of allylic oxidation sites excluding steroid dienone is 2. The lowest BCUT2D eigenvalue weighted by atomic mass is 10.0. The molecular formula is C15H15ClFNO2. The maximum Gasteiger partial charge on any atom is 0.340 e. The summed E-state index contributed by atoms with van der Waals surface area (Å²) >= 11 is 6.26. The van der Waals surface area contributed by atoms with E-state index in [0.717, 1.165) is 17.2 Å². The lowest BCUT2D eigenvalue weighted by Crippen LogP contribution is -2.05. The lowest BCUT2D eigenvalue weighted by Gasteiger charge is -2.11. The second kappa shape index (κ2) is 6.48. The summed E-state index contributed by atoms with van der Waals surface area (Å²) in [5.41, 5.74) is 1.93. The topological polar surface area (TPSA) is 38.7 Å². The highest BCUT2D eigenvalue weighted by atomic mass is 35.5. The van der Waals surface area contributed by atoms with Crippen LogP contribution in [0.2, 0.25) is 0 Å². The molecule has 0 aliphatic carbocycles. The maximum absolute atomic E-state index is 13.8. The monoisotopic (exact) mass is 295 g/mol. The predicted molar refractivity (Wildman–Crippen MR) is 80.2 cm³/mol. The molecule has 0 saturated carbocycles. The van der Waals surface area contributed by atoms with Crippen molar-refractivity contribution < 1.29 is 13.9 Å². The van der Waals surface area contributed by atoms with Crippen molar-refractivity contribution in [1.29, 1.82) is 0 Å². The van der Waals surface area contributed by atoms with Gasteiger partial charge < -0.3 is 4.74 Å². The molecule has 0 aliphatic heterocycles. The molecule has 0 spiro atoms. The molecule has 0 aliphatic rings. The molecule has 5 heteroatoms. The van der Waals surface area contributed by atoms with Crippen LogP contribution in [0.4, 0.5) is 10.1 Å². The smallest absolute Gasteiger partial charge is 0.340 e. The summed E-state index contributed by atoms with van der Waals surface area (Å²) in [6.45, 7) is 10.7. The molecule has 0 unspecified atom stereocenters. The molecule has 0 N–H and O–H groups in total. The van der Waals surface area contributed by atoms with Crippen LogP contribution in [-0.4, -0.2) is 19.8 Å². The van der Waals surface area contributed by atoms with E-state index in [1.165, 1.54) is 13.2 Å². The van der Waals surface area contributed by atoms with E-state index in [1.54, 1.807) is 13.8 Å². The first-order valence-electron chi connectivity index (χ1n) is 5.74. The minimum absolute atomic E-state index is 0.206. The number of carbonyl (C=O) groups is 1. The number of rotatable bonds is 4. The highest BCUT2D eigenvalue weighted by Gasteiger charge is 2.18. The summed E-state index contributed by atoms with van der Waals surface area (Å²) in [5, 5.41) is 0.338. The van der Waals surface area contributed by atoms with Gasteiger partial charge in [-0.05, 0) is 32.2 Å². The van der Waals surface area contributed by atoms with Gasteiger partial charge in [-0.3, -0.25) is 4.99 Å². The van der Waals surface area contributed by atoms with Gasteiger partial charge in [0.1, 0.15) is 5.82 Å². The highest BCUT2D eigenvalue weighted by Crippen LogP contribution is 2.35. The zero-order valence-corrected chi connectivity index (χ0v) is 12.3. The summed E-state index contributed by atoms with van der Waals surface area (Å²) in [4.78, 5) is 15.3. The highest BCUT2D eigenvalue weighted by molar-refractivity contribution is 6.50. The van der Waals surface area contributed by atoms with E-state index in [1.807, 2.05) is 0 Å². The average molecular weight is 296 g/mol. The number of methoxy groups -OCH3 is 1. The maximum atomic E-state index is 13.8. The molecule has 0 aromatic heterocycles. The van der Waals surface area contributed by atoms with Crippen molar-refractivity contribution in [2.45, 2.75) is 13.8 Å². The van der Waals surface area contributed by atoms with Crippen LogP contribution in [0.1, 0.15) is 29.8 Å². The number of hydrogen-bond acceptors (Lipinski definition) is 3. The summed E-state index contributed by atoms with van der Waals surface area (Å²) in [5.74, 6) is -1.52. The zero-order chi connectivity index (χ0) is 15.4. The molecule has 20 heavy (non-hydrogen) atoms. The number of carbonyl (C=O) groups excluding carboxylic acids is 1. The number of nitrogens with zero attached hydrogens (tertiary/aromatic N) is 1. The first kappa shape index (κ1) is 16.1. The fourth-order valence-corrected chi connectivity index (χ4v) is 1.84. The number of ether oxygens (including phenoxy) is 1. The van der Waals surface area contributed by atoms with Gasteiger partial charge in [0.05, 0.1) is 23.4 Å². The Hall–Kier alpha value is -1.94. The molecule has 0 radical (unpaired) electrons. The van der Waals surface area contributed by atoms with Crippen LogP contribution in [0.5, 0.6) is 0 Å². The van der Waals surface area contributed by atoms with E-state index in [4.69, 9.17) is 11.6 Å². The fraction of sp³-hybridized carbons (Fsp3) is 0.200. The quantitative estimate of drug-likeness (QED) is 0.466. The van der Waals surface area contributed by atoms with Gasteiger partial charge >= 0.3 is 5.97 Å². The Labute approximate surface area is 122 Å². The van der Waals surface area contributed by atoms with Crippen molar-refractivity contribution in [3.8, 4) is 0 Å². The van der Waals surface area contributed by atoms with E-state index in [0.29, 0.717) is 10.6 Å². The predicted octanol–water partition coefficient (Wildman–Crippen LogP) is 4.49.